The van der Waals surface area contributed by atoms with Crippen LogP contribution in [-0.2, 0) is 9.59 Å². The van der Waals surface area contributed by atoms with Gasteiger partial charge in [-0.05, 0) is 36.4 Å². The van der Waals surface area contributed by atoms with Gasteiger partial charge < -0.3 is 4.90 Å². The Bertz CT molecular complexity index is 1240. The minimum atomic E-state index is -0.476. The van der Waals surface area contributed by atoms with Crippen LogP contribution in [0.2, 0.25) is 0 Å². The fraction of sp³-hybridized carbons (Fsp3) is 0.231. The molecule has 1 unspecified atom stereocenters. The molecule has 2 saturated heterocycles. The highest BCUT2D eigenvalue weighted by Gasteiger charge is 2.44. The van der Waals surface area contributed by atoms with E-state index in [4.69, 9.17) is 0 Å². The van der Waals surface area contributed by atoms with E-state index in [1.807, 2.05) is 54.6 Å². The number of hydrogen-bond donors (Lipinski definition) is 0. The van der Waals surface area contributed by atoms with Crippen LogP contribution in [0, 0.1) is 10.1 Å². The number of anilines is 2. The molecule has 0 bridgehead atoms. The maximum Gasteiger partial charge on any atom is 0.269 e. The van der Waals surface area contributed by atoms with Crippen molar-refractivity contribution in [3.05, 3.63) is 89.0 Å². The molecule has 2 amide bonds. The second-order valence-corrected chi connectivity index (χ2v) is 9.58. The Balaban J connectivity index is 1.27. The number of carbonyl (C=O) groups excluding carboxylic acids is 2. The van der Waals surface area contributed by atoms with E-state index in [0.29, 0.717) is 31.9 Å². The lowest BCUT2D eigenvalue weighted by Crippen LogP contribution is -2.52. The van der Waals surface area contributed by atoms with Crippen LogP contribution in [-0.4, -0.2) is 53.9 Å². The van der Waals surface area contributed by atoms with Crippen LogP contribution in [0.15, 0.2) is 88.7 Å². The van der Waals surface area contributed by atoms with Crippen molar-refractivity contribution in [1.29, 1.82) is 0 Å². The van der Waals surface area contributed by atoms with Gasteiger partial charge in [0.1, 0.15) is 0 Å². The topological polar surface area (TPSA) is 87.0 Å². The average molecular weight is 489 g/mol. The number of carbonyl (C=O) groups is 2. The van der Waals surface area contributed by atoms with Gasteiger partial charge in [-0.2, -0.15) is 0 Å². The Morgan fingerprint density at radius 1 is 0.829 bits per heavy atom. The van der Waals surface area contributed by atoms with Crippen molar-refractivity contribution in [3.8, 4) is 0 Å². The van der Waals surface area contributed by atoms with Crippen LogP contribution >= 0.6 is 11.8 Å². The summed E-state index contributed by atoms with van der Waals surface area (Å²) in [6, 6.07) is 23.4. The van der Waals surface area contributed by atoms with Crippen molar-refractivity contribution in [2.75, 3.05) is 36.0 Å². The predicted octanol–water partition coefficient (Wildman–Crippen LogP) is 4.20. The second kappa shape index (κ2) is 9.89. The molecule has 2 aliphatic rings. The molecule has 0 saturated carbocycles. The molecular weight excluding hydrogens is 464 g/mol. The van der Waals surface area contributed by atoms with Gasteiger partial charge in [-0.3, -0.25) is 24.6 Å². The summed E-state index contributed by atoms with van der Waals surface area (Å²) >= 11 is 1.53. The fourth-order valence-electron chi connectivity index (χ4n) is 4.57. The molecule has 3 aromatic carbocycles. The van der Waals surface area contributed by atoms with Crippen molar-refractivity contribution < 1.29 is 14.5 Å². The number of piperazine rings is 1. The molecule has 2 aliphatic heterocycles. The van der Waals surface area contributed by atoms with Crippen LogP contribution < -0.4 is 9.80 Å². The van der Waals surface area contributed by atoms with E-state index < -0.39 is 11.0 Å². The summed E-state index contributed by atoms with van der Waals surface area (Å²) in [4.78, 5) is 44.4. The third kappa shape index (κ3) is 4.78. The Hall–Kier alpha value is -3.69. The highest BCUT2D eigenvalue weighted by atomic mass is 32.2. The lowest BCUT2D eigenvalue weighted by molar-refractivity contribution is -0.384. The molecule has 0 N–H and O–H groups in total. The molecule has 0 spiro atoms. The van der Waals surface area contributed by atoms with E-state index >= 15 is 0 Å². The number of benzene rings is 3. The van der Waals surface area contributed by atoms with E-state index in [-0.39, 0.29) is 23.9 Å². The number of para-hydroxylation sites is 1. The summed E-state index contributed by atoms with van der Waals surface area (Å²) in [5.41, 5.74) is 1.61. The van der Waals surface area contributed by atoms with Gasteiger partial charge >= 0.3 is 0 Å². The molecule has 9 heteroatoms. The number of nitro benzene ring substituents is 1. The molecule has 5 rings (SSSR count). The zero-order valence-corrected chi connectivity index (χ0v) is 19.8. The minimum Gasteiger partial charge on any atom is -0.369 e. The van der Waals surface area contributed by atoms with Crippen molar-refractivity contribution in [2.45, 2.75) is 22.3 Å². The van der Waals surface area contributed by atoms with Crippen LogP contribution in [0.5, 0.6) is 0 Å². The zero-order chi connectivity index (χ0) is 24.4. The van der Waals surface area contributed by atoms with Crippen LogP contribution in [0.1, 0.15) is 6.42 Å². The first-order chi connectivity index (χ1) is 17.0. The number of rotatable bonds is 6. The summed E-state index contributed by atoms with van der Waals surface area (Å²) in [5.74, 6) is -0.362. The summed E-state index contributed by atoms with van der Waals surface area (Å²) in [6.45, 7) is 2.62. The molecule has 2 heterocycles. The molecule has 178 valence electrons. The standard InChI is InChI=1S/C26H24N4O4S/c31-25-18-23(28-16-14-27(15-17-28)19-10-12-20(13-11-19)30(33)34)26(32)29(25)22-8-4-5-9-24(22)35-21-6-2-1-3-7-21/h1-13,23H,14-18H2. The van der Waals surface area contributed by atoms with Crippen molar-refractivity contribution in [1.82, 2.24) is 4.90 Å². The van der Waals surface area contributed by atoms with Gasteiger partial charge in [-0.25, -0.2) is 4.90 Å². The molecule has 0 aromatic heterocycles. The van der Waals surface area contributed by atoms with Crippen molar-refractivity contribution >= 4 is 40.6 Å². The van der Waals surface area contributed by atoms with Crippen LogP contribution in [0.25, 0.3) is 0 Å². The Kier molecular flexibility index (Phi) is 6.52. The number of imide groups is 1. The molecule has 35 heavy (non-hydrogen) atoms. The van der Waals surface area contributed by atoms with Crippen molar-refractivity contribution in [2.24, 2.45) is 0 Å². The smallest absolute Gasteiger partial charge is 0.269 e. The van der Waals surface area contributed by atoms with E-state index in [2.05, 4.69) is 9.80 Å². The fourth-order valence-corrected chi connectivity index (χ4v) is 5.53. The molecular formula is C26H24N4O4S. The number of nitrogens with zero attached hydrogens (tertiary/aromatic N) is 4. The van der Waals surface area contributed by atoms with Gasteiger partial charge in [0, 0.05) is 53.8 Å². The minimum absolute atomic E-state index is 0.0632. The number of hydrogen-bond acceptors (Lipinski definition) is 7. The highest BCUT2D eigenvalue weighted by molar-refractivity contribution is 7.99. The van der Waals surface area contributed by atoms with Crippen LogP contribution in [0.3, 0.4) is 0 Å². The Morgan fingerprint density at radius 2 is 1.49 bits per heavy atom. The SMILES string of the molecule is O=C1CC(N2CCN(c3ccc([N+](=O)[O-])cc3)CC2)C(=O)N1c1ccccc1Sc1ccccc1. The van der Waals surface area contributed by atoms with Gasteiger partial charge in [-0.15, -0.1) is 0 Å². The third-order valence-corrected chi connectivity index (χ3v) is 7.45. The summed E-state index contributed by atoms with van der Waals surface area (Å²) in [5, 5.41) is 10.9. The lowest BCUT2D eigenvalue weighted by Gasteiger charge is -2.38. The van der Waals surface area contributed by atoms with E-state index in [0.717, 1.165) is 15.5 Å². The van der Waals surface area contributed by atoms with Gasteiger partial charge in [0.15, 0.2) is 0 Å². The molecule has 8 nitrogen and oxygen atoms in total. The molecule has 1 atom stereocenters. The largest absolute Gasteiger partial charge is 0.369 e. The first kappa shape index (κ1) is 23.1. The highest BCUT2D eigenvalue weighted by Crippen LogP contribution is 2.38. The van der Waals surface area contributed by atoms with E-state index in [1.165, 1.54) is 28.8 Å². The average Bonchev–Trinajstić information content (AvgIpc) is 3.18. The number of nitro groups is 1. The number of amides is 2. The third-order valence-electron chi connectivity index (χ3n) is 6.38. The van der Waals surface area contributed by atoms with E-state index in [1.54, 1.807) is 12.1 Å². The summed E-state index contributed by atoms with van der Waals surface area (Å²) < 4.78 is 0. The predicted molar refractivity (Wildman–Crippen MR) is 135 cm³/mol. The first-order valence-corrected chi connectivity index (χ1v) is 12.2. The molecule has 0 radical (unpaired) electrons. The maximum absolute atomic E-state index is 13.4. The Morgan fingerprint density at radius 3 is 2.17 bits per heavy atom. The van der Waals surface area contributed by atoms with Crippen LogP contribution in [0.4, 0.5) is 17.1 Å². The maximum atomic E-state index is 13.4. The first-order valence-electron chi connectivity index (χ1n) is 11.4. The van der Waals surface area contributed by atoms with Crippen molar-refractivity contribution in [3.63, 3.8) is 0 Å². The van der Waals surface area contributed by atoms with Gasteiger partial charge in [0.25, 0.3) is 11.6 Å². The quantitative estimate of drug-likeness (QED) is 0.292. The van der Waals surface area contributed by atoms with Gasteiger partial charge in [0.2, 0.25) is 5.91 Å². The zero-order valence-electron chi connectivity index (χ0n) is 18.9. The van der Waals surface area contributed by atoms with Gasteiger partial charge in [0.05, 0.1) is 23.1 Å². The van der Waals surface area contributed by atoms with Gasteiger partial charge in [-0.1, -0.05) is 42.1 Å². The molecule has 0 aliphatic carbocycles. The molecule has 3 aromatic rings. The monoisotopic (exact) mass is 488 g/mol. The lowest BCUT2D eigenvalue weighted by atomic mass is 10.1. The summed E-state index contributed by atoms with van der Waals surface area (Å²) in [7, 11) is 0. The summed E-state index contributed by atoms with van der Waals surface area (Å²) in [6.07, 6.45) is 0.167. The normalized spacial score (nSPS) is 18.8. The number of non-ortho nitro benzene ring substituents is 1. The second-order valence-electron chi connectivity index (χ2n) is 8.47. The van der Waals surface area contributed by atoms with E-state index in [9.17, 15) is 19.7 Å². The molecule has 2 fully saturated rings. The Labute approximate surface area is 207 Å².